The van der Waals surface area contributed by atoms with Gasteiger partial charge in [-0.1, -0.05) is 0 Å². The molecule has 0 radical (unpaired) electrons. The zero-order valence-corrected chi connectivity index (χ0v) is 8.71. The van der Waals surface area contributed by atoms with Crippen molar-refractivity contribution in [2.45, 2.75) is 50.2 Å². The van der Waals surface area contributed by atoms with E-state index in [1.807, 2.05) is 0 Å². The van der Waals surface area contributed by atoms with E-state index in [4.69, 9.17) is 6.42 Å². The maximum absolute atomic E-state index is 10.3. The smallest absolute Gasteiger partial charge is 0.0786 e. The standard InChI is InChI=1S/C12H19NO/c1-2-3-4-7-12(14)8-9-13(10-12)11-5-6-11/h1,11,14H,3-10H2. The number of β-amino-alcohol motifs (C(OH)–C–C–N with tert-alkyl or cyclic N) is 1. The van der Waals surface area contributed by atoms with Gasteiger partial charge in [-0.15, -0.1) is 12.3 Å². The van der Waals surface area contributed by atoms with Crippen LogP contribution in [0.25, 0.3) is 0 Å². The van der Waals surface area contributed by atoms with E-state index in [1.54, 1.807) is 0 Å². The molecule has 0 spiro atoms. The molecule has 2 rings (SSSR count). The number of rotatable bonds is 4. The van der Waals surface area contributed by atoms with Crippen molar-refractivity contribution in [1.29, 1.82) is 0 Å². The van der Waals surface area contributed by atoms with Crippen LogP contribution in [0.5, 0.6) is 0 Å². The van der Waals surface area contributed by atoms with E-state index in [1.165, 1.54) is 12.8 Å². The topological polar surface area (TPSA) is 23.5 Å². The molecule has 1 saturated heterocycles. The molecule has 0 aromatic carbocycles. The molecule has 2 nitrogen and oxygen atoms in total. The van der Waals surface area contributed by atoms with Crippen molar-refractivity contribution in [2.75, 3.05) is 13.1 Å². The Morgan fingerprint density at radius 3 is 2.93 bits per heavy atom. The number of nitrogens with zero attached hydrogens (tertiary/aromatic N) is 1. The minimum absolute atomic E-state index is 0.431. The van der Waals surface area contributed by atoms with Gasteiger partial charge >= 0.3 is 0 Å². The molecule has 0 aromatic rings. The average molecular weight is 193 g/mol. The third kappa shape index (κ3) is 2.29. The quantitative estimate of drug-likeness (QED) is 0.539. The number of unbranched alkanes of at least 4 members (excludes halogenated alkanes) is 1. The number of terminal acetylenes is 1. The Balaban J connectivity index is 1.76. The Morgan fingerprint density at radius 1 is 1.50 bits per heavy atom. The van der Waals surface area contributed by atoms with Crippen LogP contribution >= 0.6 is 0 Å². The monoisotopic (exact) mass is 193 g/mol. The third-order valence-electron chi connectivity index (χ3n) is 3.39. The summed E-state index contributed by atoms with van der Waals surface area (Å²) < 4.78 is 0. The fourth-order valence-electron chi connectivity index (χ4n) is 2.36. The highest BCUT2D eigenvalue weighted by molar-refractivity contribution is 4.97. The summed E-state index contributed by atoms with van der Waals surface area (Å²) in [6, 6.07) is 0.789. The second-order valence-corrected chi connectivity index (χ2v) is 4.73. The van der Waals surface area contributed by atoms with Gasteiger partial charge in [0.2, 0.25) is 0 Å². The molecule has 1 heterocycles. The molecule has 1 aliphatic heterocycles. The minimum Gasteiger partial charge on any atom is -0.389 e. The van der Waals surface area contributed by atoms with Crippen molar-refractivity contribution in [1.82, 2.24) is 4.90 Å². The van der Waals surface area contributed by atoms with Gasteiger partial charge in [-0.2, -0.15) is 0 Å². The van der Waals surface area contributed by atoms with E-state index in [0.29, 0.717) is 0 Å². The van der Waals surface area contributed by atoms with Crippen LogP contribution in [0.3, 0.4) is 0 Å². The van der Waals surface area contributed by atoms with Gasteiger partial charge in [-0.25, -0.2) is 0 Å². The van der Waals surface area contributed by atoms with Gasteiger partial charge in [0, 0.05) is 25.6 Å². The summed E-state index contributed by atoms with van der Waals surface area (Å²) in [5, 5.41) is 10.3. The van der Waals surface area contributed by atoms with Crippen LogP contribution in [0, 0.1) is 12.3 Å². The Morgan fingerprint density at radius 2 is 2.29 bits per heavy atom. The second kappa shape index (κ2) is 3.92. The van der Waals surface area contributed by atoms with Crippen LogP contribution in [0.15, 0.2) is 0 Å². The number of aliphatic hydroxyl groups is 1. The lowest BCUT2D eigenvalue weighted by atomic mass is 9.96. The zero-order chi connectivity index (χ0) is 10.0. The lowest BCUT2D eigenvalue weighted by molar-refractivity contribution is 0.0382. The largest absolute Gasteiger partial charge is 0.389 e. The molecular weight excluding hydrogens is 174 g/mol. The zero-order valence-electron chi connectivity index (χ0n) is 8.71. The fourth-order valence-corrected chi connectivity index (χ4v) is 2.36. The molecule has 2 fully saturated rings. The van der Waals surface area contributed by atoms with Gasteiger partial charge in [0.25, 0.3) is 0 Å². The van der Waals surface area contributed by atoms with Gasteiger partial charge in [-0.3, -0.25) is 4.90 Å². The average Bonchev–Trinajstić information content (AvgIpc) is 2.92. The van der Waals surface area contributed by atoms with Gasteiger partial charge in [0.15, 0.2) is 0 Å². The Labute approximate surface area is 86.3 Å². The van der Waals surface area contributed by atoms with Crippen molar-refractivity contribution in [3.63, 3.8) is 0 Å². The molecule has 1 unspecified atom stereocenters. The van der Waals surface area contributed by atoms with Crippen LogP contribution < -0.4 is 0 Å². The second-order valence-electron chi connectivity index (χ2n) is 4.73. The summed E-state index contributed by atoms with van der Waals surface area (Å²) in [5.41, 5.74) is -0.431. The molecule has 0 bridgehead atoms. The van der Waals surface area contributed by atoms with Gasteiger partial charge in [0.1, 0.15) is 0 Å². The van der Waals surface area contributed by atoms with Crippen molar-refractivity contribution in [3.8, 4) is 12.3 Å². The van der Waals surface area contributed by atoms with Crippen molar-refractivity contribution >= 4 is 0 Å². The van der Waals surface area contributed by atoms with Crippen molar-refractivity contribution < 1.29 is 5.11 Å². The van der Waals surface area contributed by atoms with E-state index >= 15 is 0 Å². The van der Waals surface area contributed by atoms with Gasteiger partial charge in [0.05, 0.1) is 5.60 Å². The summed E-state index contributed by atoms with van der Waals surface area (Å²) in [6.07, 6.45) is 11.4. The molecule has 0 amide bonds. The SMILES string of the molecule is C#CCCCC1(O)CCN(C2CC2)C1. The van der Waals surface area contributed by atoms with Crippen LogP contribution in [-0.4, -0.2) is 34.7 Å². The van der Waals surface area contributed by atoms with Crippen molar-refractivity contribution in [2.24, 2.45) is 0 Å². The van der Waals surface area contributed by atoms with E-state index in [-0.39, 0.29) is 0 Å². The lowest BCUT2D eigenvalue weighted by Crippen LogP contribution is -2.33. The maximum atomic E-state index is 10.3. The predicted octanol–water partition coefficient (Wildman–Crippen LogP) is 1.39. The third-order valence-corrected chi connectivity index (χ3v) is 3.39. The first-order valence-electron chi connectivity index (χ1n) is 5.63. The highest BCUT2D eigenvalue weighted by Crippen LogP contribution is 2.35. The van der Waals surface area contributed by atoms with Gasteiger partial charge < -0.3 is 5.11 Å². The highest BCUT2D eigenvalue weighted by atomic mass is 16.3. The Kier molecular flexibility index (Phi) is 2.80. The first-order chi connectivity index (χ1) is 6.73. The first kappa shape index (κ1) is 10.0. The molecule has 1 atom stereocenters. The lowest BCUT2D eigenvalue weighted by Gasteiger charge is -2.23. The van der Waals surface area contributed by atoms with E-state index in [9.17, 15) is 5.11 Å². The minimum atomic E-state index is -0.431. The summed E-state index contributed by atoms with van der Waals surface area (Å²) >= 11 is 0. The first-order valence-corrected chi connectivity index (χ1v) is 5.63. The van der Waals surface area contributed by atoms with Gasteiger partial charge in [-0.05, 0) is 32.1 Å². The molecule has 1 N–H and O–H groups in total. The molecule has 78 valence electrons. The predicted molar refractivity (Wildman–Crippen MR) is 56.8 cm³/mol. The van der Waals surface area contributed by atoms with E-state index < -0.39 is 5.60 Å². The molecule has 1 aliphatic carbocycles. The number of hydrogen-bond acceptors (Lipinski definition) is 2. The van der Waals surface area contributed by atoms with E-state index in [2.05, 4.69) is 10.8 Å². The Hall–Kier alpha value is -0.520. The normalized spacial score (nSPS) is 33.1. The molecular formula is C12H19NO. The van der Waals surface area contributed by atoms with Crippen LogP contribution in [0.1, 0.15) is 38.5 Å². The summed E-state index contributed by atoms with van der Waals surface area (Å²) in [5.74, 6) is 2.63. The molecule has 1 saturated carbocycles. The summed E-state index contributed by atoms with van der Waals surface area (Å²) in [6.45, 7) is 1.96. The number of likely N-dealkylation sites (tertiary alicyclic amines) is 1. The van der Waals surface area contributed by atoms with Crippen LogP contribution in [0.2, 0.25) is 0 Å². The fraction of sp³-hybridized carbons (Fsp3) is 0.833. The highest BCUT2D eigenvalue weighted by Gasteiger charge is 2.41. The van der Waals surface area contributed by atoms with Crippen LogP contribution in [-0.2, 0) is 0 Å². The van der Waals surface area contributed by atoms with Crippen LogP contribution in [0.4, 0.5) is 0 Å². The van der Waals surface area contributed by atoms with E-state index in [0.717, 1.165) is 44.8 Å². The van der Waals surface area contributed by atoms with Crippen molar-refractivity contribution in [3.05, 3.63) is 0 Å². The molecule has 2 heteroatoms. The maximum Gasteiger partial charge on any atom is 0.0786 e. The molecule has 2 aliphatic rings. The summed E-state index contributed by atoms with van der Waals surface area (Å²) in [4.78, 5) is 2.44. The number of hydrogen-bond donors (Lipinski definition) is 1. The molecule has 0 aromatic heterocycles. The molecule has 14 heavy (non-hydrogen) atoms. The summed E-state index contributed by atoms with van der Waals surface area (Å²) in [7, 11) is 0. The Bertz CT molecular complexity index is 241.